The third-order valence-electron chi connectivity index (χ3n) is 2.88. The largest absolute Gasteiger partial charge is 0.384 e. The van der Waals surface area contributed by atoms with E-state index in [1.54, 1.807) is 12.1 Å². The molecule has 0 saturated heterocycles. The Balaban J connectivity index is 2.27. The Labute approximate surface area is 108 Å². The van der Waals surface area contributed by atoms with Crippen LogP contribution in [0.2, 0.25) is 0 Å². The third kappa shape index (κ3) is 4.71. The molecule has 0 aliphatic rings. The zero-order valence-corrected chi connectivity index (χ0v) is 11.1. The maximum Gasteiger partial charge on any atom is 0.252 e. The van der Waals surface area contributed by atoms with Crippen molar-refractivity contribution in [3.8, 4) is 0 Å². The Morgan fingerprint density at radius 1 is 1.39 bits per heavy atom. The maximum absolute atomic E-state index is 11.7. The first-order chi connectivity index (χ1) is 8.67. The number of nitrogens with zero attached hydrogens (tertiary/aromatic N) is 2. The summed E-state index contributed by atoms with van der Waals surface area (Å²) in [5.74, 6) is 0.329. The van der Waals surface area contributed by atoms with Crippen molar-refractivity contribution in [3.05, 3.63) is 23.9 Å². The molecule has 0 spiro atoms. The zero-order chi connectivity index (χ0) is 13.4. The fourth-order valence-electron chi connectivity index (χ4n) is 1.69. The van der Waals surface area contributed by atoms with Crippen LogP contribution in [0.5, 0.6) is 0 Å². The second-order valence-electron chi connectivity index (χ2n) is 4.11. The molecule has 0 bridgehead atoms. The lowest BCUT2D eigenvalue weighted by Gasteiger charge is -2.17. The number of nitrogens with two attached hydrogens (primary N) is 1. The number of amides is 1. The number of anilines is 1. The molecular formula is C13H22N4O. The summed E-state index contributed by atoms with van der Waals surface area (Å²) in [5, 5.41) is 2.88. The molecule has 0 atom stereocenters. The van der Waals surface area contributed by atoms with Crippen LogP contribution in [0.3, 0.4) is 0 Å². The standard InChI is InChI=1S/C13H22N4O/c1-3-17(4-2)9-5-8-15-13(18)11-6-7-12(14)16-10-11/h6-7,10H,3-5,8-9H2,1-2H3,(H2,14,16)(H,15,18). The van der Waals surface area contributed by atoms with Gasteiger partial charge in [0.15, 0.2) is 0 Å². The number of carbonyl (C=O) groups is 1. The van der Waals surface area contributed by atoms with Crippen molar-refractivity contribution in [3.63, 3.8) is 0 Å². The van der Waals surface area contributed by atoms with Crippen LogP contribution in [0.15, 0.2) is 18.3 Å². The second kappa shape index (κ2) is 7.66. The lowest BCUT2D eigenvalue weighted by atomic mass is 10.2. The zero-order valence-electron chi connectivity index (χ0n) is 11.1. The van der Waals surface area contributed by atoms with Crippen LogP contribution in [-0.2, 0) is 0 Å². The van der Waals surface area contributed by atoms with E-state index in [0.29, 0.717) is 17.9 Å². The van der Waals surface area contributed by atoms with Crippen LogP contribution in [-0.4, -0.2) is 42.0 Å². The first kappa shape index (κ1) is 14.4. The highest BCUT2D eigenvalue weighted by Gasteiger charge is 2.05. The first-order valence-electron chi connectivity index (χ1n) is 6.39. The number of hydrogen-bond donors (Lipinski definition) is 2. The van der Waals surface area contributed by atoms with E-state index in [1.807, 2.05) is 0 Å². The van der Waals surface area contributed by atoms with Crippen LogP contribution in [0.4, 0.5) is 5.82 Å². The Kier molecular flexibility index (Phi) is 6.14. The van der Waals surface area contributed by atoms with E-state index in [4.69, 9.17) is 5.73 Å². The molecule has 3 N–H and O–H groups in total. The monoisotopic (exact) mass is 250 g/mol. The van der Waals surface area contributed by atoms with Crippen LogP contribution in [0.1, 0.15) is 30.6 Å². The summed E-state index contributed by atoms with van der Waals surface area (Å²) in [6.07, 6.45) is 2.45. The minimum Gasteiger partial charge on any atom is -0.384 e. The van der Waals surface area contributed by atoms with Crippen molar-refractivity contribution >= 4 is 11.7 Å². The normalized spacial score (nSPS) is 10.6. The van der Waals surface area contributed by atoms with Crippen molar-refractivity contribution in [1.29, 1.82) is 0 Å². The van der Waals surface area contributed by atoms with E-state index in [0.717, 1.165) is 26.1 Å². The molecule has 0 unspecified atom stereocenters. The molecule has 1 amide bonds. The molecule has 0 saturated carbocycles. The topological polar surface area (TPSA) is 71.2 Å². The van der Waals surface area contributed by atoms with Gasteiger partial charge in [-0.15, -0.1) is 0 Å². The Bertz CT molecular complexity index is 360. The molecular weight excluding hydrogens is 228 g/mol. The van der Waals surface area contributed by atoms with Crippen molar-refractivity contribution in [2.75, 3.05) is 31.9 Å². The van der Waals surface area contributed by atoms with Gasteiger partial charge in [-0.1, -0.05) is 13.8 Å². The van der Waals surface area contributed by atoms with E-state index < -0.39 is 0 Å². The summed E-state index contributed by atoms with van der Waals surface area (Å²) in [7, 11) is 0. The highest BCUT2D eigenvalue weighted by atomic mass is 16.1. The molecule has 1 rings (SSSR count). The Morgan fingerprint density at radius 3 is 2.67 bits per heavy atom. The van der Waals surface area contributed by atoms with Gasteiger partial charge in [0.1, 0.15) is 5.82 Å². The first-order valence-corrected chi connectivity index (χ1v) is 6.39. The number of rotatable bonds is 7. The van der Waals surface area contributed by atoms with E-state index in [-0.39, 0.29) is 5.91 Å². The van der Waals surface area contributed by atoms with Gasteiger partial charge >= 0.3 is 0 Å². The molecule has 18 heavy (non-hydrogen) atoms. The maximum atomic E-state index is 11.7. The lowest BCUT2D eigenvalue weighted by Crippen LogP contribution is -2.29. The van der Waals surface area contributed by atoms with Crippen LogP contribution >= 0.6 is 0 Å². The molecule has 1 heterocycles. The van der Waals surface area contributed by atoms with Gasteiger partial charge in [-0.05, 0) is 38.2 Å². The molecule has 0 radical (unpaired) electrons. The molecule has 1 aromatic heterocycles. The fourth-order valence-corrected chi connectivity index (χ4v) is 1.69. The minimum atomic E-state index is -0.0953. The number of carbonyl (C=O) groups excluding carboxylic acids is 1. The summed E-state index contributed by atoms with van der Waals surface area (Å²) < 4.78 is 0. The van der Waals surface area contributed by atoms with Gasteiger partial charge in [-0.3, -0.25) is 4.79 Å². The highest BCUT2D eigenvalue weighted by Crippen LogP contribution is 2.00. The molecule has 5 nitrogen and oxygen atoms in total. The number of aromatic nitrogens is 1. The quantitative estimate of drug-likeness (QED) is 0.712. The molecule has 0 aliphatic heterocycles. The van der Waals surface area contributed by atoms with Crippen molar-refractivity contribution in [2.45, 2.75) is 20.3 Å². The van der Waals surface area contributed by atoms with Gasteiger partial charge in [0.2, 0.25) is 0 Å². The van der Waals surface area contributed by atoms with Crippen molar-refractivity contribution < 1.29 is 4.79 Å². The van der Waals surface area contributed by atoms with E-state index >= 15 is 0 Å². The summed E-state index contributed by atoms with van der Waals surface area (Å²) in [6, 6.07) is 3.31. The molecule has 1 aromatic rings. The van der Waals surface area contributed by atoms with Gasteiger partial charge in [-0.2, -0.15) is 0 Å². The highest BCUT2D eigenvalue weighted by molar-refractivity contribution is 5.93. The summed E-state index contributed by atoms with van der Waals surface area (Å²) in [6.45, 7) is 8.07. The van der Waals surface area contributed by atoms with Gasteiger partial charge in [0.25, 0.3) is 5.91 Å². The SMILES string of the molecule is CCN(CC)CCCNC(=O)c1ccc(N)nc1. The number of hydrogen-bond acceptors (Lipinski definition) is 4. The van der Waals surface area contributed by atoms with E-state index in [9.17, 15) is 4.79 Å². The van der Waals surface area contributed by atoms with Gasteiger partial charge in [0, 0.05) is 12.7 Å². The van der Waals surface area contributed by atoms with Crippen LogP contribution < -0.4 is 11.1 Å². The van der Waals surface area contributed by atoms with Crippen molar-refractivity contribution in [2.24, 2.45) is 0 Å². The number of nitrogen functional groups attached to an aromatic ring is 1. The number of pyridine rings is 1. The number of nitrogens with one attached hydrogen (secondary N) is 1. The average Bonchev–Trinajstić information content (AvgIpc) is 2.39. The fraction of sp³-hybridized carbons (Fsp3) is 0.538. The second-order valence-corrected chi connectivity index (χ2v) is 4.11. The van der Waals surface area contributed by atoms with Crippen LogP contribution in [0.25, 0.3) is 0 Å². The minimum absolute atomic E-state index is 0.0953. The van der Waals surface area contributed by atoms with E-state index in [1.165, 1.54) is 6.20 Å². The third-order valence-corrected chi connectivity index (χ3v) is 2.88. The summed E-state index contributed by atoms with van der Waals surface area (Å²) >= 11 is 0. The summed E-state index contributed by atoms with van der Waals surface area (Å²) in [5.41, 5.74) is 6.01. The predicted octanol–water partition coefficient (Wildman–Crippen LogP) is 1.13. The average molecular weight is 250 g/mol. The Hall–Kier alpha value is -1.62. The smallest absolute Gasteiger partial charge is 0.252 e. The van der Waals surface area contributed by atoms with Gasteiger partial charge in [0.05, 0.1) is 5.56 Å². The molecule has 0 aliphatic carbocycles. The molecule has 5 heteroatoms. The Morgan fingerprint density at radius 2 is 2.11 bits per heavy atom. The predicted molar refractivity (Wildman–Crippen MR) is 73.4 cm³/mol. The lowest BCUT2D eigenvalue weighted by molar-refractivity contribution is 0.0951. The van der Waals surface area contributed by atoms with Gasteiger partial charge in [-0.25, -0.2) is 4.98 Å². The molecule has 0 aromatic carbocycles. The molecule has 0 fully saturated rings. The van der Waals surface area contributed by atoms with Crippen LogP contribution in [0, 0.1) is 0 Å². The summed E-state index contributed by atoms with van der Waals surface area (Å²) in [4.78, 5) is 18.0. The molecule has 100 valence electrons. The van der Waals surface area contributed by atoms with E-state index in [2.05, 4.69) is 29.0 Å². The van der Waals surface area contributed by atoms with Crippen molar-refractivity contribution in [1.82, 2.24) is 15.2 Å². The van der Waals surface area contributed by atoms with Gasteiger partial charge < -0.3 is 16.0 Å².